The highest BCUT2D eigenvalue weighted by Crippen LogP contribution is 2.30. The van der Waals surface area contributed by atoms with Crippen molar-refractivity contribution < 1.29 is 0 Å². The summed E-state index contributed by atoms with van der Waals surface area (Å²) in [6.45, 7) is 1.21. The van der Waals surface area contributed by atoms with E-state index < -0.39 is 0 Å². The van der Waals surface area contributed by atoms with Crippen molar-refractivity contribution in [3.63, 3.8) is 0 Å². The lowest BCUT2D eigenvalue weighted by molar-refractivity contribution is 0.399. The van der Waals surface area contributed by atoms with Crippen LogP contribution in [0, 0.1) is 0 Å². The van der Waals surface area contributed by atoms with Crippen LogP contribution in [0.5, 0.6) is 0 Å². The molecule has 2 aliphatic rings. The second-order valence-corrected chi connectivity index (χ2v) is 6.63. The van der Waals surface area contributed by atoms with Gasteiger partial charge in [0, 0.05) is 10.5 Å². The maximum atomic E-state index is 3.78. The molecule has 1 N–H and O–H groups in total. The molecule has 0 saturated carbocycles. The van der Waals surface area contributed by atoms with E-state index in [1.54, 1.807) is 11.1 Å². The lowest BCUT2D eigenvalue weighted by atomic mass is 9.88. The number of benzene rings is 1. The summed E-state index contributed by atoms with van der Waals surface area (Å²) in [4.78, 5) is 0. The first kappa shape index (κ1) is 12.7. The maximum Gasteiger partial charge on any atom is 0.0212 e. The second kappa shape index (κ2) is 5.75. The number of aryl methyl sites for hydroxylation is 1. The Balaban J connectivity index is 1.77. The molecule has 1 fully saturated rings. The average molecular weight is 308 g/mol. The van der Waals surface area contributed by atoms with Gasteiger partial charge in [-0.25, -0.2) is 0 Å². The van der Waals surface area contributed by atoms with Gasteiger partial charge in [-0.05, 0) is 74.2 Å². The molecule has 18 heavy (non-hydrogen) atoms. The molecular weight excluding hydrogens is 286 g/mol. The summed E-state index contributed by atoms with van der Waals surface area (Å²) in [5.41, 5.74) is 4.69. The Morgan fingerprint density at radius 1 is 1.11 bits per heavy atom. The molecule has 0 radical (unpaired) electrons. The smallest absolute Gasteiger partial charge is 0.0212 e. The molecule has 1 nitrogen and oxygen atoms in total. The van der Waals surface area contributed by atoms with E-state index in [9.17, 15) is 0 Å². The maximum absolute atomic E-state index is 3.78. The van der Waals surface area contributed by atoms with E-state index in [0.29, 0.717) is 6.04 Å². The zero-order chi connectivity index (χ0) is 12.4. The number of nitrogens with one attached hydrogen (secondary N) is 1. The third-order valence-corrected chi connectivity index (χ3v) is 5.07. The zero-order valence-corrected chi connectivity index (χ0v) is 12.6. The van der Waals surface area contributed by atoms with Crippen molar-refractivity contribution in [2.24, 2.45) is 0 Å². The SMILES string of the molecule is Brc1cc(CC2CCCCN2)cc2c1CCCC2. The van der Waals surface area contributed by atoms with Crippen LogP contribution in [-0.2, 0) is 19.3 Å². The van der Waals surface area contributed by atoms with Crippen LogP contribution in [0.4, 0.5) is 0 Å². The molecule has 3 rings (SSSR count). The Labute approximate surface area is 118 Å². The Morgan fingerprint density at radius 2 is 2.00 bits per heavy atom. The molecule has 1 unspecified atom stereocenters. The van der Waals surface area contributed by atoms with Crippen LogP contribution in [0.3, 0.4) is 0 Å². The minimum Gasteiger partial charge on any atom is -0.314 e. The number of hydrogen-bond donors (Lipinski definition) is 1. The Morgan fingerprint density at radius 3 is 2.83 bits per heavy atom. The van der Waals surface area contributed by atoms with E-state index >= 15 is 0 Å². The summed E-state index contributed by atoms with van der Waals surface area (Å²) in [5.74, 6) is 0. The first-order valence-electron chi connectivity index (χ1n) is 7.36. The fraction of sp³-hybridized carbons (Fsp3) is 0.625. The highest BCUT2D eigenvalue weighted by molar-refractivity contribution is 9.10. The van der Waals surface area contributed by atoms with E-state index in [2.05, 4.69) is 33.4 Å². The van der Waals surface area contributed by atoms with E-state index in [1.165, 1.54) is 67.9 Å². The molecule has 0 amide bonds. The van der Waals surface area contributed by atoms with Crippen LogP contribution in [0.25, 0.3) is 0 Å². The van der Waals surface area contributed by atoms with Crippen LogP contribution >= 0.6 is 15.9 Å². The highest BCUT2D eigenvalue weighted by atomic mass is 79.9. The number of hydrogen-bond acceptors (Lipinski definition) is 1. The molecule has 0 bridgehead atoms. The molecule has 0 spiro atoms. The van der Waals surface area contributed by atoms with Gasteiger partial charge in [-0.3, -0.25) is 0 Å². The summed E-state index contributed by atoms with van der Waals surface area (Å²) in [7, 11) is 0. The normalized spacial score (nSPS) is 23.7. The van der Waals surface area contributed by atoms with Crippen molar-refractivity contribution in [3.8, 4) is 0 Å². The lowest BCUT2D eigenvalue weighted by Crippen LogP contribution is -2.35. The van der Waals surface area contributed by atoms with E-state index in [4.69, 9.17) is 0 Å². The van der Waals surface area contributed by atoms with Gasteiger partial charge >= 0.3 is 0 Å². The second-order valence-electron chi connectivity index (χ2n) is 5.77. The Kier molecular flexibility index (Phi) is 4.05. The summed E-state index contributed by atoms with van der Waals surface area (Å²) in [6.07, 6.45) is 10.5. The van der Waals surface area contributed by atoms with Gasteiger partial charge < -0.3 is 5.32 Å². The van der Waals surface area contributed by atoms with Gasteiger partial charge in [0.1, 0.15) is 0 Å². The van der Waals surface area contributed by atoms with Crippen LogP contribution < -0.4 is 5.32 Å². The van der Waals surface area contributed by atoms with Crippen LogP contribution in [0.1, 0.15) is 48.8 Å². The first-order chi connectivity index (χ1) is 8.83. The fourth-order valence-corrected chi connectivity index (χ4v) is 4.12. The van der Waals surface area contributed by atoms with Crippen LogP contribution in [0.2, 0.25) is 0 Å². The first-order valence-corrected chi connectivity index (χ1v) is 8.16. The van der Waals surface area contributed by atoms with Gasteiger partial charge in [0.2, 0.25) is 0 Å². The molecule has 1 aromatic rings. The van der Waals surface area contributed by atoms with Gasteiger partial charge in [0.15, 0.2) is 0 Å². The molecule has 1 aliphatic carbocycles. The van der Waals surface area contributed by atoms with E-state index in [-0.39, 0.29) is 0 Å². The average Bonchev–Trinajstić information content (AvgIpc) is 2.40. The van der Waals surface area contributed by atoms with E-state index in [1.807, 2.05) is 0 Å². The topological polar surface area (TPSA) is 12.0 Å². The third kappa shape index (κ3) is 2.80. The molecule has 98 valence electrons. The van der Waals surface area contributed by atoms with Gasteiger partial charge in [-0.2, -0.15) is 0 Å². The zero-order valence-electron chi connectivity index (χ0n) is 11.0. The molecule has 1 saturated heterocycles. The van der Waals surface area contributed by atoms with Gasteiger partial charge in [0.05, 0.1) is 0 Å². The number of fused-ring (bicyclic) bond motifs is 1. The lowest BCUT2D eigenvalue weighted by Gasteiger charge is -2.25. The number of piperidine rings is 1. The van der Waals surface area contributed by atoms with Gasteiger partial charge in [-0.15, -0.1) is 0 Å². The standard InChI is InChI=1S/C16H22BrN/c17-16-11-12(10-14-6-3-4-8-18-14)9-13-5-1-2-7-15(13)16/h9,11,14,18H,1-8,10H2. The van der Waals surface area contributed by atoms with Crippen LogP contribution in [0.15, 0.2) is 16.6 Å². The molecular formula is C16H22BrN. The predicted molar refractivity (Wildman–Crippen MR) is 80.1 cm³/mol. The van der Waals surface area contributed by atoms with Crippen molar-refractivity contribution >= 4 is 15.9 Å². The van der Waals surface area contributed by atoms with Crippen LogP contribution in [-0.4, -0.2) is 12.6 Å². The number of rotatable bonds is 2. The Hall–Kier alpha value is -0.340. The monoisotopic (exact) mass is 307 g/mol. The van der Waals surface area contributed by atoms with Crippen molar-refractivity contribution in [2.75, 3.05) is 6.54 Å². The predicted octanol–water partition coefficient (Wildman–Crippen LogP) is 4.01. The highest BCUT2D eigenvalue weighted by Gasteiger charge is 2.17. The van der Waals surface area contributed by atoms with Crippen molar-refractivity contribution in [3.05, 3.63) is 33.3 Å². The summed E-state index contributed by atoms with van der Waals surface area (Å²) < 4.78 is 1.35. The summed E-state index contributed by atoms with van der Waals surface area (Å²) in [6, 6.07) is 5.53. The molecule has 2 heteroatoms. The van der Waals surface area contributed by atoms with Crippen molar-refractivity contribution in [1.82, 2.24) is 5.32 Å². The molecule has 1 heterocycles. The fourth-order valence-electron chi connectivity index (χ4n) is 3.38. The minimum atomic E-state index is 0.701. The number of halogens is 1. The molecule has 1 aromatic carbocycles. The van der Waals surface area contributed by atoms with E-state index in [0.717, 1.165) is 0 Å². The minimum absolute atomic E-state index is 0.701. The summed E-state index contributed by atoms with van der Waals surface area (Å²) >= 11 is 3.78. The van der Waals surface area contributed by atoms with Gasteiger partial charge in [0.25, 0.3) is 0 Å². The molecule has 0 aromatic heterocycles. The summed E-state index contributed by atoms with van der Waals surface area (Å²) in [5, 5.41) is 3.65. The molecule has 1 aliphatic heterocycles. The molecule has 1 atom stereocenters. The quantitative estimate of drug-likeness (QED) is 0.870. The Bertz CT molecular complexity index is 421. The third-order valence-electron chi connectivity index (χ3n) is 4.37. The van der Waals surface area contributed by atoms with Crippen molar-refractivity contribution in [1.29, 1.82) is 0 Å². The van der Waals surface area contributed by atoms with Gasteiger partial charge in [-0.1, -0.05) is 28.4 Å². The largest absolute Gasteiger partial charge is 0.314 e. The van der Waals surface area contributed by atoms with Crippen molar-refractivity contribution in [2.45, 2.75) is 57.4 Å².